The lowest BCUT2D eigenvalue weighted by molar-refractivity contribution is -0.0456. The maximum absolute atomic E-state index is 12.4. The minimum Gasteiger partial charge on any atom is -0.389 e. The molecule has 0 radical (unpaired) electrons. The molecule has 1 aliphatic rings. The highest BCUT2D eigenvalue weighted by Gasteiger charge is 2.34. The van der Waals surface area contributed by atoms with Gasteiger partial charge in [0.25, 0.3) is 10.2 Å². The molecule has 0 aliphatic carbocycles. The predicted molar refractivity (Wildman–Crippen MR) is 71.0 cm³/mol. The van der Waals surface area contributed by atoms with Crippen molar-refractivity contribution in [1.82, 2.24) is 8.61 Å². The van der Waals surface area contributed by atoms with Crippen LogP contribution in [-0.2, 0) is 19.7 Å². The SMILES string of the molecule is COCC(O)CN(C)S(=O)(=O)N1CC(C)OC(C)C1. The molecular weight excluding hydrogens is 272 g/mol. The van der Waals surface area contributed by atoms with E-state index < -0.39 is 16.3 Å². The molecule has 1 heterocycles. The van der Waals surface area contributed by atoms with E-state index in [-0.39, 0.29) is 25.4 Å². The Kier molecular flexibility index (Phi) is 6.15. The van der Waals surface area contributed by atoms with Crippen molar-refractivity contribution in [3.8, 4) is 0 Å². The van der Waals surface area contributed by atoms with Crippen LogP contribution in [-0.4, -0.2) is 80.8 Å². The van der Waals surface area contributed by atoms with Gasteiger partial charge in [0.15, 0.2) is 0 Å². The van der Waals surface area contributed by atoms with Crippen LogP contribution < -0.4 is 0 Å². The summed E-state index contributed by atoms with van der Waals surface area (Å²) in [4.78, 5) is 0. The highest BCUT2D eigenvalue weighted by Crippen LogP contribution is 2.16. The first-order valence-corrected chi connectivity index (χ1v) is 7.71. The fourth-order valence-electron chi connectivity index (χ4n) is 2.15. The number of hydrogen-bond donors (Lipinski definition) is 1. The van der Waals surface area contributed by atoms with Crippen LogP contribution in [0.1, 0.15) is 13.8 Å². The molecule has 19 heavy (non-hydrogen) atoms. The van der Waals surface area contributed by atoms with Crippen molar-refractivity contribution in [3.05, 3.63) is 0 Å². The standard InChI is InChI=1S/C11H24N2O5S/c1-9-5-13(6-10(2)18-9)19(15,16)12(3)7-11(14)8-17-4/h9-11,14H,5-8H2,1-4H3. The molecular formula is C11H24N2O5S. The molecule has 0 bridgehead atoms. The number of ether oxygens (including phenoxy) is 2. The number of hydrogen-bond acceptors (Lipinski definition) is 5. The number of rotatable bonds is 6. The number of likely N-dealkylation sites (N-methyl/N-ethyl adjacent to an activating group) is 1. The molecule has 3 atom stereocenters. The summed E-state index contributed by atoms with van der Waals surface area (Å²) in [7, 11) is -0.651. The van der Waals surface area contributed by atoms with Gasteiger partial charge in [0.1, 0.15) is 0 Å². The maximum Gasteiger partial charge on any atom is 0.281 e. The van der Waals surface area contributed by atoms with E-state index in [9.17, 15) is 13.5 Å². The second-order valence-corrected chi connectivity index (χ2v) is 7.01. The number of aliphatic hydroxyl groups excluding tert-OH is 1. The van der Waals surface area contributed by atoms with E-state index in [0.717, 1.165) is 4.31 Å². The lowest BCUT2D eigenvalue weighted by Crippen LogP contribution is -2.53. The fourth-order valence-corrected chi connectivity index (χ4v) is 3.70. The van der Waals surface area contributed by atoms with Gasteiger partial charge in [-0.15, -0.1) is 0 Å². The van der Waals surface area contributed by atoms with Crippen LogP contribution in [0.15, 0.2) is 0 Å². The van der Waals surface area contributed by atoms with Gasteiger partial charge >= 0.3 is 0 Å². The molecule has 1 saturated heterocycles. The Hall–Kier alpha value is -0.250. The van der Waals surface area contributed by atoms with E-state index in [1.807, 2.05) is 13.8 Å². The lowest BCUT2D eigenvalue weighted by atomic mass is 10.3. The van der Waals surface area contributed by atoms with Crippen molar-refractivity contribution >= 4 is 10.2 Å². The third kappa shape index (κ3) is 4.66. The second kappa shape index (κ2) is 6.96. The Balaban J connectivity index is 2.68. The number of nitrogens with zero attached hydrogens (tertiary/aromatic N) is 2. The molecule has 0 aromatic heterocycles. The molecule has 0 amide bonds. The smallest absolute Gasteiger partial charge is 0.281 e. The normalized spacial score (nSPS) is 27.7. The molecule has 8 heteroatoms. The summed E-state index contributed by atoms with van der Waals surface area (Å²) in [6.45, 7) is 4.47. The van der Waals surface area contributed by atoms with Crippen molar-refractivity contribution < 1.29 is 23.0 Å². The summed E-state index contributed by atoms with van der Waals surface area (Å²) >= 11 is 0. The first-order valence-electron chi connectivity index (χ1n) is 6.31. The average Bonchev–Trinajstić information content (AvgIpc) is 2.27. The van der Waals surface area contributed by atoms with Gasteiger partial charge in [-0.05, 0) is 13.8 Å². The lowest BCUT2D eigenvalue weighted by Gasteiger charge is -2.36. The monoisotopic (exact) mass is 296 g/mol. The van der Waals surface area contributed by atoms with Crippen molar-refractivity contribution in [2.75, 3.05) is 40.4 Å². The first kappa shape index (κ1) is 16.8. The molecule has 0 aromatic carbocycles. The van der Waals surface area contributed by atoms with Gasteiger partial charge in [0.2, 0.25) is 0 Å². The summed E-state index contributed by atoms with van der Waals surface area (Å²) in [5.41, 5.74) is 0. The van der Waals surface area contributed by atoms with Crippen molar-refractivity contribution in [1.29, 1.82) is 0 Å². The Labute approximate surface area is 115 Å². The molecule has 1 rings (SSSR count). The minimum absolute atomic E-state index is 0.0102. The summed E-state index contributed by atoms with van der Waals surface area (Å²) < 4.78 is 37.6. The summed E-state index contributed by atoms with van der Waals surface area (Å²) in [6.07, 6.45) is -1.09. The van der Waals surface area contributed by atoms with Gasteiger partial charge in [-0.2, -0.15) is 17.0 Å². The van der Waals surface area contributed by atoms with Gasteiger partial charge in [-0.3, -0.25) is 0 Å². The largest absolute Gasteiger partial charge is 0.389 e. The number of morpholine rings is 1. The van der Waals surface area contributed by atoms with Crippen LogP contribution in [0.4, 0.5) is 0 Å². The zero-order valence-corrected chi connectivity index (χ0v) is 12.8. The van der Waals surface area contributed by atoms with Crippen LogP contribution in [0.25, 0.3) is 0 Å². The van der Waals surface area contributed by atoms with Gasteiger partial charge in [-0.25, -0.2) is 0 Å². The molecule has 0 spiro atoms. The van der Waals surface area contributed by atoms with Crippen molar-refractivity contribution in [3.63, 3.8) is 0 Å². The Morgan fingerprint density at radius 3 is 2.42 bits per heavy atom. The molecule has 1 N–H and O–H groups in total. The third-order valence-corrected chi connectivity index (χ3v) is 4.82. The molecule has 0 aromatic rings. The summed E-state index contributed by atoms with van der Waals surface area (Å²) in [6, 6.07) is 0. The number of aliphatic hydroxyl groups is 1. The maximum atomic E-state index is 12.4. The highest BCUT2D eigenvalue weighted by atomic mass is 32.2. The van der Waals surface area contributed by atoms with E-state index in [2.05, 4.69) is 0 Å². The van der Waals surface area contributed by atoms with E-state index in [1.54, 1.807) is 0 Å². The molecule has 3 unspecified atom stereocenters. The molecule has 0 saturated carbocycles. The molecule has 114 valence electrons. The van der Waals surface area contributed by atoms with Crippen LogP contribution in [0.5, 0.6) is 0 Å². The zero-order valence-electron chi connectivity index (χ0n) is 11.9. The van der Waals surface area contributed by atoms with Gasteiger partial charge in [-0.1, -0.05) is 0 Å². The van der Waals surface area contributed by atoms with Crippen LogP contribution in [0, 0.1) is 0 Å². The first-order chi connectivity index (χ1) is 8.77. The predicted octanol–water partition coefficient (Wildman–Crippen LogP) is -0.720. The van der Waals surface area contributed by atoms with E-state index in [0.29, 0.717) is 13.1 Å². The summed E-state index contributed by atoms with van der Waals surface area (Å²) in [5, 5.41) is 9.61. The van der Waals surface area contributed by atoms with Gasteiger partial charge < -0.3 is 14.6 Å². The Bertz CT molecular complexity index is 365. The minimum atomic E-state index is -3.57. The summed E-state index contributed by atoms with van der Waals surface area (Å²) in [5.74, 6) is 0. The zero-order chi connectivity index (χ0) is 14.6. The van der Waals surface area contributed by atoms with Crippen LogP contribution in [0.2, 0.25) is 0 Å². The third-order valence-electron chi connectivity index (χ3n) is 2.93. The number of methoxy groups -OCH3 is 1. The van der Waals surface area contributed by atoms with Crippen LogP contribution in [0.3, 0.4) is 0 Å². The topological polar surface area (TPSA) is 79.3 Å². The van der Waals surface area contributed by atoms with E-state index >= 15 is 0 Å². The fraction of sp³-hybridized carbons (Fsp3) is 1.00. The van der Waals surface area contributed by atoms with Gasteiger partial charge in [0, 0.05) is 33.8 Å². The Morgan fingerprint density at radius 2 is 1.95 bits per heavy atom. The van der Waals surface area contributed by atoms with E-state index in [4.69, 9.17) is 9.47 Å². The van der Waals surface area contributed by atoms with Crippen molar-refractivity contribution in [2.45, 2.75) is 32.2 Å². The van der Waals surface area contributed by atoms with E-state index in [1.165, 1.54) is 18.5 Å². The molecule has 1 aliphatic heterocycles. The molecule has 1 fully saturated rings. The average molecular weight is 296 g/mol. The molecule has 7 nitrogen and oxygen atoms in total. The highest BCUT2D eigenvalue weighted by molar-refractivity contribution is 7.86. The van der Waals surface area contributed by atoms with Gasteiger partial charge in [0.05, 0.1) is 24.9 Å². The van der Waals surface area contributed by atoms with Crippen LogP contribution >= 0.6 is 0 Å². The quantitative estimate of drug-likeness (QED) is 0.700. The van der Waals surface area contributed by atoms with Crippen molar-refractivity contribution in [2.24, 2.45) is 0 Å². The Morgan fingerprint density at radius 1 is 1.42 bits per heavy atom. The second-order valence-electron chi connectivity index (χ2n) is 4.97.